The Morgan fingerprint density at radius 3 is 2.48 bits per heavy atom. The third-order valence-corrected chi connectivity index (χ3v) is 4.83. The summed E-state index contributed by atoms with van der Waals surface area (Å²) in [5, 5.41) is 17.9. The van der Waals surface area contributed by atoms with Crippen molar-refractivity contribution in [2.45, 2.75) is 19.9 Å². The van der Waals surface area contributed by atoms with Crippen molar-refractivity contribution < 1.29 is 14.6 Å². The average Bonchev–Trinajstić information content (AvgIpc) is 3.13. The minimum Gasteiger partial charge on any atom is -0.502 e. The van der Waals surface area contributed by atoms with Gasteiger partial charge in [-0.1, -0.05) is 12.1 Å². The fourth-order valence-electron chi connectivity index (χ4n) is 3.28. The van der Waals surface area contributed by atoms with E-state index in [0.29, 0.717) is 24.0 Å². The highest BCUT2D eigenvalue weighted by molar-refractivity contribution is 5.84. The largest absolute Gasteiger partial charge is 0.502 e. The third kappa shape index (κ3) is 4.74. The molecule has 0 spiro atoms. The standard InChI is InChI=1S/C22H28N4O3/c1-14-5-6-17-16(13-25-18(17)9-14)7-8-24-22(23-2)26-12-15-10-19(28-3)21(27)20(11-15)29-4/h5-6,9-11,13,25,27H,7-8,12H2,1-4H3,(H2,23,24,26). The van der Waals surface area contributed by atoms with Gasteiger partial charge in [-0.3, -0.25) is 4.99 Å². The first kappa shape index (κ1) is 20.4. The number of nitrogens with zero attached hydrogens (tertiary/aromatic N) is 1. The topological polar surface area (TPSA) is 90.9 Å². The van der Waals surface area contributed by atoms with Crippen LogP contribution >= 0.6 is 0 Å². The van der Waals surface area contributed by atoms with E-state index >= 15 is 0 Å². The molecule has 1 heterocycles. The number of aliphatic imine (C=N–C) groups is 1. The highest BCUT2D eigenvalue weighted by Crippen LogP contribution is 2.37. The van der Waals surface area contributed by atoms with Gasteiger partial charge in [-0.05, 0) is 48.2 Å². The number of aryl methyl sites for hydroxylation is 1. The maximum absolute atomic E-state index is 10.0. The molecule has 1 aromatic heterocycles. The Kier molecular flexibility index (Phi) is 6.49. The van der Waals surface area contributed by atoms with Gasteiger partial charge in [0.2, 0.25) is 5.75 Å². The first-order valence-corrected chi connectivity index (χ1v) is 9.50. The summed E-state index contributed by atoms with van der Waals surface area (Å²) in [6.07, 6.45) is 2.95. The number of hydrogen-bond donors (Lipinski definition) is 4. The molecule has 3 rings (SSSR count). The van der Waals surface area contributed by atoms with Gasteiger partial charge in [0.05, 0.1) is 14.2 Å². The number of rotatable bonds is 7. The number of aromatic hydroxyl groups is 1. The molecule has 0 aliphatic carbocycles. The van der Waals surface area contributed by atoms with Crippen molar-refractivity contribution in [3.8, 4) is 17.2 Å². The average molecular weight is 396 g/mol. The molecule has 2 aromatic carbocycles. The summed E-state index contributed by atoms with van der Waals surface area (Å²) in [6.45, 7) is 3.36. The Bertz CT molecular complexity index is 985. The minimum absolute atomic E-state index is 0.00446. The summed E-state index contributed by atoms with van der Waals surface area (Å²) in [5.74, 6) is 1.44. The lowest BCUT2D eigenvalue weighted by molar-refractivity contribution is 0.339. The number of aromatic amines is 1. The van der Waals surface area contributed by atoms with Gasteiger partial charge < -0.3 is 30.2 Å². The Labute approximate surface area is 170 Å². The number of phenolic OH excluding ortho intramolecular Hbond substituents is 1. The second-order valence-electron chi connectivity index (χ2n) is 6.81. The zero-order chi connectivity index (χ0) is 20.8. The molecule has 0 aliphatic heterocycles. The lowest BCUT2D eigenvalue weighted by Gasteiger charge is -2.14. The molecule has 0 fully saturated rings. The van der Waals surface area contributed by atoms with Crippen LogP contribution in [0.25, 0.3) is 10.9 Å². The summed E-state index contributed by atoms with van der Waals surface area (Å²) in [7, 11) is 4.76. The SMILES string of the molecule is CN=C(NCCc1c[nH]c2cc(C)ccc12)NCc1cc(OC)c(O)c(OC)c1. The molecule has 154 valence electrons. The maximum Gasteiger partial charge on any atom is 0.200 e. The number of guanidine groups is 1. The highest BCUT2D eigenvalue weighted by Gasteiger charge is 2.11. The highest BCUT2D eigenvalue weighted by atomic mass is 16.5. The van der Waals surface area contributed by atoms with Gasteiger partial charge >= 0.3 is 0 Å². The molecular weight excluding hydrogens is 368 g/mol. The normalized spacial score (nSPS) is 11.5. The molecule has 0 atom stereocenters. The van der Waals surface area contributed by atoms with E-state index in [9.17, 15) is 5.11 Å². The lowest BCUT2D eigenvalue weighted by Crippen LogP contribution is -2.37. The van der Waals surface area contributed by atoms with Crippen molar-refractivity contribution in [1.29, 1.82) is 0 Å². The van der Waals surface area contributed by atoms with Gasteiger partial charge in [-0.25, -0.2) is 0 Å². The zero-order valence-corrected chi connectivity index (χ0v) is 17.3. The van der Waals surface area contributed by atoms with Gasteiger partial charge in [0, 0.05) is 37.2 Å². The van der Waals surface area contributed by atoms with Crippen LogP contribution in [0.5, 0.6) is 17.2 Å². The van der Waals surface area contributed by atoms with E-state index < -0.39 is 0 Å². The Morgan fingerprint density at radius 2 is 1.83 bits per heavy atom. The Balaban J connectivity index is 1.57. The molecule has 7 heteroatoms. The molecule has 0 saturated heterocycles. The summed E-state index contributed by atoms with van der Waals surface area (Å²) in [6, 6.07) is 9.99. The third-order valence-electron chi connectivity index (χ3n) is 4.83. The predicted octanol–water partition coefficient (Wildman–Crippen LogP) is 3.11. The van der Waals surface area contributed by atoms with Crippen molar-refractivity contribution >= 4 is 16.9 Å². The summed E-state index contributed by atoms with van der Waals surface area (Å²) < 4.78 is 10.4. The maximum atomic E-state index is 10.0. The monoisotopic (exact) mass is 396 g/mol. The lowest BCUT2D eigenvalue weighted by atomic mass is 10.1. The quantitative estimate of drug-likeness (QED) is 0.364. The number of phenols is 1. The van der Waals surface area contributed by atoms with Gasteiger partial charge in [0.15, 0.2) is 17.5 Å². The minimum atomic E-state index is -0.00446. The number of hydrogen-bond acceptors (Lipinski definition) is 4. The van der Waals surface area contributed by atoms with Gasteiger partial charge in [0.25, 0.3) is 0 Å². The van der Waals surface area contributed by atoms with E-state index in [2.05, 4.69) is 51.9 Å². The number of aromatic nitrogens is 1. The molecule has 0 aliphatic rings. The molecule has 3 aromatic rings. The van der Waals surface area contributed by atoms with E-state index in [0.717, 1.165) is 24.0 Å². The summed E-state index contributed by atoms with van der Waals surface area (Å²) >= 11 is 0. The number of nitrogens with one attached hydrogen (secondary N) is 3. The Hall–Kier alpha value is -3.35. The van der Waals surface area contributed by atoms with Crippen molar-refractivity contribution in [3.05, 3.63) is 53.2 Å². The molecule has 0 radical (unpaired) electrons. The van der Waals surface area contributed by atoms with Crippen molar-refractivity contribution in [2.24, 2.45) is 4.99 Å². The van der Waals surface area contributed by atoms with Gasteiger partial charge in [-0.15, -0.1) is 0 Å². The van der Waals surface area contributed by atoms with Crippen LogP contribution in [0.15, 0.2) is 41.5 Å². The molecule has 0 unspecified atom stereocenters. The molecule has 4 N–H and O–H groups in total. The van der Waals surface area contributed by atoms with Crippen LogP contribution in [0.2, 0.25) is 0 Å². The van der Waals surface area contributed by atoms with E-state index in [-0.39, 0.29) is 5.75 Å². The van der Waals surface area contributed by atoms with Crippen LogP contribution in [-0.2, 0) is 13.0 Å². The first-order chi connectivity index (χ1) is 14.0. The van der Waals surface area contributed by atoms with Crippen LogP contribution in [0.3, 0.4) is 0 Å². The smallest absolute Gasteiger partial charge is 0.200 e. The molecule has 0 saturated carbocycles. The van der Waals surface area contributed by atoms with E-state index in [1.54, 1.807) is 19.2 Å². The number of ether oxygens (including phenoxy) is 2. The summed E-state index contributed by atoms with van der Waals surface area (Å²) in [5.41, 5.74) is 4.59. The van der Waals surface area contributed by atoms with E-state index in [4.69, 9.17) is 9.47 Å². The van der Waals surface area contributed by atoms with Crippen LogP contribution in [0, 0.1) is 6.92 Å². The van der Waals surface area contributed by atoms with Crippen LogP contribution in [0.1, 0.15) is 16.7 Å². The van der Waals surface area contributed by atoms with Gasteiger partial charge in [-0.2, -0.15) is 0 Å². The van der Waals surface area contributed by atoms with E-state index in [1.807, 2.05) is 0 Å². The first-order valence-electron chi connectivity index (χ1n) is 9.50. The summed E-state index contributed by atoms with van der Waals surface area (Å²) in [4.78, 5) is 7.61. The van der Waals surface area contributed by atoms with Crippen LogP contribution in [-0.4, -0.2) is 43.9 Å². The predicted molar refractivity (Wildman–Crippen MR) is 116 cm³/mol. The molecule has 0 bridgehead atoms. The zero-order valence-electron chi connectivity index (χ0n) is 17.3. The number of fused-ring (bicyclic) bond motifs is 1. The number of benzene rings is 2. The molecular formula is C22H28N4O3. The van der Waals surface area contributed by atoms with E-state index in [1.165, 1.54) is 30.7 Å². The van der Waals surface area contributed by atoms with Gasteiger partial charge in [0.1, 0.15) is 0 Å². The fourth-order valence-corrected chi connectivity index (χ4v) is 3.28. The van der Waals surface area contributed by atoms with Crippen molar-refractivity contribution in [3.63, 3.8) is 0 Å². The fraction of sp³-hybridized carbons (Fsp3) is 0.318. The van der Waals surface area contributed by atoms with Crippen molar-refractivity contribution in [2.75, 3.05) is 27.8 Å². The van der Waals surface area contributed by atoms with Crippen LogP contribution in [0.4, 0.5) is 0 Å². The Morgan fingerprint density at radius 1 is 1.10 bits per heavy atom. The molecule has 0 amide bonds. The van der Waals surface area contributed by atoms with Crippen molar-refractivity contribution in [1.82, 2.24) is 15.6 Å². The second-order valence-corrected chi connectivity index (χ2v) is 6.81. The molecule has 29 heavy (non-hydrogen) atoms. The van der Waals surface area contributed by atoms with Crippen LogP contribution < -0.4 is 20.1 Å². The number of H-pyrrole nitrogens is 1. The molecule has 7 nitrogen and oxygen atoms in total. The second kappa shape index (κ2) is 9.23. The number of methoxy groups -OCH3 is 2.